The summed E-state index contributed by atoms with van der Waals surface area (Å²) in [5.41, 5.74) is 11.2. The molecule has 1 fully saturated rings. The molecule has 4 N–H and O–H groups in total. The molecule has 5 heterocycles. The van der Waals surface area contributed by atoms with Gasteiger partial charge in [0.25, 0.3) is 5.91 Å². The summed E-state index contributed by atoms with van der Waals surface area (Å²) in [6, 6.07) is 9.79. The van der Waals surface area contributed by atoms with E-state index in [0.29, 0.717) is 43.5 Å². The van der Waals surface area contributed by atoms with E-state index in [1.54, 1.807) is 11.8 Å². The third kappa shape index (κ3) is 5.25. The lowest BCUT2D eigenvalue weighted by Gasteiger charge is -2.34. The number of para-hydroxylation sites is 1. The first-order valence-electron chi connectivity index (χ1n) is 14.3. The highest BCUT2D eigenvalue weighted by molar-refractivity contribution is 6.03. The van der Waals surface area contributed by atoms with Gasteiger partial charge >= 0.3 is 0 Å². The molecule has 0 saturated carbocycles. The van der Waals surface area contributed by atoms with Crippen LogP contribution in [0.5, 0.6) is 5.75 Å². The van der Waals surface area contributed by atoms with Gasteiger partial charge in [-0.2, -0.15) is 5.10 Å². The molecule has 0 bridgehead atoms. The first-order chi connectivity index (χ1) is 20.3. The molecule has 12 heteroatoms. The molecule has 6 rings (SSSR count). The summed E-state index contributed by atoms with van der Waals surface area (Å²) >= 11 is 0. The largest absolute Gasteiger partial charge is 0.489 e. The number of nitrogen functional groups attached to an aromatic ring is 1. The summed E-state index contributed by atoms with van der Waals surface area (Å²) < 4.78 is 7.95. The minimum Gasteiger partial charge on any atom is -0.489 e. The molecule has 0 unspecified atom stereocenters. The highest BCUT2D eigenvalue weighted by Crippen LogP contribution is 2.35. The van der Waals surface area contributed by atoms with Crippen molar-refractivity contribution in [2.45, 2.75) is 25.8 Å². The molecule has 2 aliphatic heterocycles. The monoisotopic (exact) mass is 571 g/mol. The molecular formula is C30H37N9O3. The highest BCUT2D eigenvalue weighted by Gasteiger charge is 2.29. The Morgan fingerprint density at radius 1 is 1.26 bits per heavy atom. The molecule has 3 aromatic heterocycles. The number of ether oxygens (including phenoxy) is 1. The van der Waals surface area contributed by atoms with E-state index in [2.05, 4.69) is 37.4 Å². The standard InChI is InChI=1S/C30H37N9O3/c1-19(40)37-12-10-20(16-37)24-15-25(27-29(31)32-18-33-39(24)27)38-11-6-7-21(17-38)34-30(41)26-28(42-14-13-36(2)3)22-8-4-5-9-23(22)35-26/h4-5,8-10,15,18,21,35H,6-7,11-14,16-17H2,1-3H3,(H,34,41)(H2,31,32,33)/t21-/m1/s1. The smallest absolute Gasteiger partial charge is 0.271 e. The van der Waals surface area contributed by atoms with E-state index < -0.39 is 0 Å². The van der Waals surface area contributed by atoms with Crippen molar-refractivity contribution in [1.29, 1.82) is 0 Å². The van der Waals surface area contributed by atoms with E-state index in [1.165, 1.54) is 6.33 Å². The van der Waals surface area contributed by atoms with Crippen molar-refractivity contribution in [2.24, 2.45) is 0 Å². The lowest BCUT2D eigenvalue weighted by molar-refractivity contribution is -0.127. The minimum atomic E-state index is -0.191. The third-order valence-corrected chi connectivity index (χ3v) is 8.02. The third-order valence-electron chi connectivity index (χ3n) is 8.02. The van der Waals surface area contributed by atoms with Crippen LogP contribution in [0.1, 0.15) is 35.9 Å². The Balaban J connectivity index is 1.24. The van der Waals surface area contributed by atoms with Crippen LogP contribution in [0.2, 0.25) is 0 Å². The van der Waals surface area contributed by atoms with Crippen LogP contribution in [0.15, 0.2) is 42.7 Å². The normalized spacial score (nSPS) is 17.3. The zero-order valence-corrected chi connectivity index (χ0v) is 24.3. The Morgan fingerprint density at radius 3 is 2.88 bits per heavy atom. The number of nitrogens with two attached hydrogens (primary N) is 1. The Morgan fingerprint density at radius 2 is 2.10 bits per heavy atom. The Kier molecular flexibility index (Phi) is 7.46. The average Bonchev–Trinajstić information content (AvgIpc) is 3.69. The van der Waals surface area contributed by atoms with Gasteiger partial charge in [0, 0.05) is 56.6 Å². The summed E-state index contributed by atoms with van der Waals surface area (Å²) in [7, 11) is 3.98. The molecule has 42 heavy (non-hydrogen) atoms. The van der Waals surface area contributed by atoms with Crippen LogP contribution in [0.4, 0.5) is 11.5 Å². The number of hydrogen-bond acceptors (Lipinski definition) is 8. The number of H-pyrrole nitrogens is 1. The van der Waals surface area contributed by atoms with Crippen molar-refractivity contribution >= 4 is 45.3 Å². The first-order valence-corrected chi connectivity index (χ1v) is 14.3. The number of piperidine rings is 1. The molecule has 0 spiro atoms. The summed E-state index contributed by atoms with van der Waals surface area (Å²) in [6.07, 6.45) is 5.25. The van der Waals surface area contributed by atoms with E-state index in [0.717, 1.165) is 59.3 Å². The van der Waals surface area contributed by atoms with Crippen LogP contribution in [0.3, 0.4) is 0 Å². The second-order valence-corrected chi connectivity index (χ2v) is 11.2. The van der Waals surface area contributed by atoms with Crippen molar-refractivity contribution in [2.75, 3.05) is 64.1 Å². The number of nitrogens with one attached hydrogen (secondary N) is 2. The molecule has 1 saturated heterocycles. The summed E-state index contributed by atoms with van der Waals surface area (Å²) in [5.74, 6) is 0.808. The average molecular weight is 572 g/mol. The molecule has 2 aliphatic rings. The molecular weight excluding hydrogens is 534 g/mol. The van der Waals surface area contributed by atoms with Crippen molar-refractivity contribution in [3.63, 3.8) is 0 Å². The Labute approximate surface area is 244 Å². The first kappa shape index (κ1) is 27.6. The second-order valence-electron chi connectivity index (χ2n) is 11.2. The number of hydrogen-bond donors (Lipinski definition) is 3. The molecule has 4 aromatic rings. The maximum atomic E-state index is 13.6. The summed E-state index contributed by atoms with van der Waals surface area (Å²) in [5, 5.41) is 8.65. The van der Waals surface area contributed by atoms with Crippen LogP contribution >= 0.6 is 0 Å². The summed E-state index contributed by atoms with van der Waals surface area (Å²) in [4.78, 5) is 39.2. The van der Waals surface area contributed by atoms with E-state index in [4.69, 9.17) is 10.5 Å². The van der Waals surface area contributed by atoms with Crippen LogP contribution in [-0.2, 0) is 4.79 Å². The molecule has 1 atom stereocenters. The number of fused-ring (bicyclic) bond motifs is 2. The number of aromatic nitrogens is 4. The van der Waals surface area contributed by atoms with Gasteiger partial charge < -0.3 is 35.5 Å². The Bertz CT molecular complexity index is 1670. The van der Waals surface area contributed by atoms with Gasteiger partial charge in [0.2, 0.25) is 5.91 Å². The van der Waals surface area contributed by atoms with Crippen molar-refractivity contribution in [3.05, 3.63) is 54.1 Å². The maximum Gasteiger partial charge on any atom is 0.271 e. The number of benzene rings is 1. The topological polar surface area (TPSA) is 137 Å². The van der Waals surface area contributed by atoms with Crippen molar-refractivity contribution < 1.29 is 14.3 Å². The quantitative estimate of drug-likeness (QED) is 0.293. The fourth-order valence-electron chi connectivity index (χ4n) is 5.83. The van der Waals surface area contributed by atoms with Crippen LogP contribution < -0.4 is 20.7 Å². The summed E-state index contributed by atoms with van der Waals surface area (Å²) in [6.45, 7) is 5.30. The van der Waals surface area contributed by atoms with E-state index >= 15 is 0 Å². The van der Waals surface area contributed by atoms with Gasteiger partial charge in [0.1, 0.15) is 24.1 Å². The zero-order valence-electron chi connectivity index (χ0n) is 24.3. The molecule has 12 nitrogen and oxygen atoms in total. The van der Waals surface area contributed by atoms with E-state index in [-0.39, 0.29) is 17.9 Å². The molecule has 1 aromatic carbocycles. The zero-order chi connectivity index (χ0) is 29.4. The molecule has 0 aliphatic carbocycles. The van der Waals surface area contributed by atoms with Crippen LogP contribution in [0, 0.1) is 0 Å². The van der Waals surface area contributed by atoms with E-state index in [1.807, 2.05) is 47.8 Å². The van der Waals surface area contributed by atoms with Gasteiger partial charge in [0.05, 0.1) is 11.4 Å². The predicted octanol–water partition coefficient (Wildman–Crippen LogP) is 2.38. The van der Waals surface area contributed by atoms with Crippen LogP contribution in [0.25, 0.3) is 22.0 Å². The lowest BCUT2D eigenvalue weighted by Crippen LogP contribution is -2.48. The highest BCUT2D eigenvalue weighted by atomic mass is 16.5. The fraction of sp³-hybridized carbons (Fsp3) is 0.400. The van der Waals surface area contributed by atoms with Gasteiger partial charge in [-0.15, -0.1) is 0 Å². The number of carbonyl (C=O) groups is 2. The van der Waals surface area contributed by atoms with E-state index in [9.17, 15) is 9.59 Å². The number of carbonyl (C=O) groups excluding carboxylic acids is 2. The molecule has 0 radical (unpaired) electrons. The molecule has 220 valence electrons. The van der Waals surface area contributed by atoms with Gasteiger partial charge in [-0.1, -0.05) is 18.2 Å². The predicted molar refractivity (Wildman–Crippen MR) is 163 cm³/mol. The number of rotatable bonds is 8. The van der Waals surface area contributed by atoms with Gasteiger partial charge in [-0.05, 0) is 50.7 Å². The SMILES string of the molecule is CC(=O)N1CC=C(c2cc(N3CCC[C@@H](NC(=O)c4[nH]c5ccccc5c4OCCN(C)C)C3)c3c(N)ncnn23)C1. The number of likely N-dealkylation sites (N-methyl/N-ethyl adjacent to an activating group) is 1. The van der Waals surface area contributed by atoms with Crippen molar-refractivity contribution in [1.82, 2.24) is 34.7 Å². The van der Waals surface area contributed by atoms with Crippen LogP contribution in [-0.4, -0.2) is 101 Å². The van der Waals surface area contributed by atoms with Crippen molar-refractivity contribution in [3.8, 4) is 5.75 Å². The number of nitrogens with zero attached hydrogens (tertiary/aromatic N) is 6. The van der Waals surface area contributed by atoms with Gasteiger partial charge in [-0.3, -0.25) is 9.59 Å². The second kappa shape index (κ2) is 11.4. The van der Waals surface area contributed by atoms with Gasteiger partial charge in [-0.25, -0.2) is 9.50 Å². The maximum absolute atomic E-state index is 13.6. The fourth-order valence-corrected chi connectivity index (χ4v) is 5.83. The Hall–Kier alpha value is -4.58. The van der Waals surface area contributed by atoms with Gasteiger partial charge in [0.15, 0.2) is 11.6 Å². The number of anilines is 2. The minimum absolute atomic E-state index is 0.0345. The number of amides is 2. The number of aromatic amines is 1. The lowest BCUT2D eigenvalue weighted by atomic mass is 10.0. The molecule has 2 amide bonds.